The SMILES string of the molecule is CN(C)CC#Cc1cc(N2C3CCC2CC3)ccc1N.CN(C)CC#Cc1cc(N2C3CCC2CC3)ccc1NC(=O)c1c[nH]c2cccc(C(F)(F)F)c2c1=O.O=C(O)c1c[nH]c2cccc(C(F)(F)F)c2c1=O. The Morgan fingerprint density at radius 1 is 0.640 bits per heavy atom. The minimum Gasteiger partial charge on any atom is -0.477 e. The highest BCUT2D eigenvalue weighted by Gasteiger charge is 2.41. The molecule has 4 saturated heterocycles. The van der Waals surface area contributed by atoms with Crippen LogP contribution in [0.1, 0.15) is 94.3 Å². The Morgan fingerprint density at radius 2 is 1.05 bits per heavy atom. The van der Waals surface area contributed by atoms with Crippen molar-refractivity contribution in [3.63, 3.8) is 0 Å². The summed E-state index contributed by atoms with van der Waals surface area (Å²) in [5.41, 5.74) is 5.60. The molecule has 0 atom stereocenters. The molecule has 392 valence electrons. The van der Waals surface area contributed by atoms with Crippen LogP contribution in [0.5, 0.6) is 0 Å². The first-order valence-corrected chi connectivity index (χ1v) is 24.5. The molecular weight excluding hydrogens is 979 g/mol. The van der Waals surface area contributed by atoms with Crippen LogP contribution in [-0.4, -0.2) is 102 Å². The third-order valence-corrected chi connectivity index (χ3v) is 13.9. The van der Waals surface area contributed by atoms with E-state index in [0.29, 0.717) is 29.9 Å². The second kappa shape index (κ2) is 22.0. The molecule has 4 aliphatic rings. The van der Waals surface area contributed by atoms with E-state index in [9.17, 15) is 45.5 Å². The zero-order chi connectivity index (χ0) is 53.9. The molecule has 13 nitrogen and oxygen atoms in total. The Balaban J connectivity index is 0.000000165. The summed E-state index contributed by atoms with van der Waals surface area (Å²) in [7, 11) is 7.85. The summed E-state index contributed by atoms with van der Waals surface area (Å²) in [6.45, 7) is 1.27. The number of carboxylic acid groups (broad SMARTS) is 1. The summed E-state index contributed by atoms with van der Waals surface area (Å²) in [6.07, 6.45) is 2.60. The summed E-state index contributed by atoms with van der Waals surface area (Å²) in [6, 6.07) is 21.0. The highest BCUT2D eigenvalue weighted by atomic mass is 19.4. The maximum Gasteiger partial charge on any atom is 0.417 e. The number of benzene rings is 4. The van der Waals surface area contributed by atoms with Crippen molar-refractivity contribution in [1.82, 2.24) is 19.8 Å². The number of carboxylic acids is 1. The Hall–Kier alpha value is -7.74. The quantitative estimate of drug-likeness (QED) is 0.0590. The van der Waals surface area contributed by atoms with Crippen molar-refractivity contribution in [1.29, 1.82) is 0 Å². The van der Waals surface area contributed by atoms with Gasteiger partial charge in [0.1, 0.15) is 11.1 Å². The average molecular weight is 1040 g/mol. The van der Waals surface area contributed by atoms with E-state index < -0.39 is 68.1 Å². The number of H-pyrrole nitrogens is 2. The Labute approximate surface area is 428 Å². The largest absolute Gasteiger partial charge is 0.477 e. The number of halogens is 6. The van der Waals surface area contributed by atoms with Crippen LogP contribution < -0.4 is 31.7 Å². The number of carbonyl (C=O) groups is 2. The van der Waals surface area contributed by atoms with Crippen LogP contribution in [0.25, 0.3) is 21.8 Å². The lowest BCUT2D eigenvalue weighted by Crippen LogP contribution is -2.28. The first-order chi connectivity index (χ1) is 35.6. The number of nitrogens with zero attached hydrogens (tertiary/aromatic N) is 4. The van der Waals surface area contributed by atoms with E-state index in [-0.39, 0.29) is 11.0 Å². The summed E-state index contributed by atoms with van der Waals surface area (Å²) in [5, 5.41) is 10.2. The summed E-state index contributed by atoms with van der Waals surface area (Å²) < 4.78 is 78.9. The zero-order valence-electron chi connectivity index (χ0n) is 41.7. The number of anilines is 4. The third-order valence-electron chi connectivity index (χ3n) is 13.9. The van der Waals surface area contributed by atoms with E-state index in [2.05, 4.69) is 65.8 Å². The molecule has 0 unspecified atom stereocenters. The number of hydrogen-bond donors (Lipinski definition) is 5. The Bertz CT molecular complexity index is 3360. The maximum absolute atomic E-state index is 13.6. The lowest BCUT2D eigenvalue weighted by molar-refractivity contribution is -0.137. The number of amides is 1. The topological polar surface area (TPSA) is 171 Å². The van der Waals surface area contributed by atoms with Crippen LogP contribution in [0, 0.1) is 23.7 Å². The van der Waals surface area contributed by atoms with Gasteiger partial charge in [-0.1, -0.05) is 35.8 Å². The fraction of sp³-hybridized carbons (Fsp3) is 0.357. The molecule has 4 fully saturated rings. The second-order valence-electron chi connectivity index (χ2n) is 19.6. The number of aromatic carboxylic acids is 1. The van der Waals surface area contributed by atoms with Crippen LogP contribution >= 0.6 is 0 Å². The highest BCUT2D eigenvalue weighted by Crippen LogP contribution is 2.43. The first-order valence-electron chi connectivity index (χ1n) is 24.5. The molecule has 0 radical (unpaired) electrons. The molecule has 2 aromatic heterocycles. The number of nitrogen functional groups attached to an aromatic ring is 1. The van der Waals surface area contributed by atoms with Gasteiger partial charge in [0.25, 0.3) is 5.91 Å². The second-order valence-corrected chi connectivity index (χ2v) is 19.6. The molecule has 10 rings (SSSR count). The van der Waals surface area contributed by atoms with E-state index in [1.165, 1.54) is 49.6 Å². The fourth-order valence-electron chi connectivity index (χ4n) is 10.5. The number of carbonyl (C=O) groups excluding carboxylic acids is 1. The van der Waals surface area contributed by atoms with Gasteiger partial charge in [0.2, 0.25) is 10.9 Å². The molecule has 1 amide bonds. The zero-order valence-corrected chi connectivity index (χ0v) is 41.7. The first kappa shape index (κ1) is 53.5. The predicted molar refractivity (Wildman–Crippen MR) is 279 cm³/mol. The van der Waals surface area contributed by atoms with Gasteiger partial charge < -0.3 is 35.9 Å². The Morgan fingerprint density at radius 3 is 1.49 bits per heavy atom. The number of rotatable bonds is 7. The maximum atomic E-state index is 13.6. The van der Waals surface area contributed by atoms with Crippen molar-refractivity contribution < 1.29 is 41.0 Å². The number of fused-ring (bicyclic) bond motifs is 6. The Kier molecular flexibility index (Phi) is 15.7. The molecular formula is C56H56F6N8O5. The van der Waals surface area contributed by atoms with Crippen LogP contribution in [0.2, 0.25) is 0 Å². The van der Waals surface area contributed by atoms with Gasteiger partial charge >= 0.3 is 18.3 Å². The normalized spacial score (nSPS) is 18.5. The molecule has 6 N–H and O–H groups in total. The van der Waals surface area contributed by atoms with Gasteiger partial charge in [-0.2, -0.15) is 26.3 Å². The number of nitrogens with one attached hydrogen (secondary N) is 3. The van der Waals surface area contributed by atoms with Gasteiger partial charge in [-0.05, 0) is 140 Å². The van der Waals surface area contributed by atoms with E-state index >= 15 is 0 Å². The smallest absolute Gasteiger partial charge is 0.417 e. The van der Waals surface area contributed by atoms with E-state index in [1.54, 1.807) is 6.07 Å². The van der Waals surface area contributed by atoms with Crippen molar-refractivity contribution >= 4 is 56.4 Å². The molecule has 6 aromatic rings. The van der Waals surface area contributed by atoms with Crippen molar-refractivity contribution in [3.8, 4) is 23.7 Å². The molecule has 0 saturated carbocycles. The van der Waals surface area contributed by atoms with Gasteiger partial charge in [-0.15, -0.1) is 0 Å². The molecule has 4 bridgehead atoms. The van der Waals surface area contributed by atoms with Gasteiger partial charge in [-0.3, -0.25) is 24.2 Å². The lowest BCUT2D eigenvalue weighted by atomic mass is 10.0. The lowest BCUT2D eigenvalue weighted by Gasteiger charge is -2.25. The summed E-state index contributed by atoms with van der Waals surface area (Å²) in [4.78, 5) is 62.7. The molecule has 0 aliphatic carbocycles. The predicted octanol–water partition coefficient (Wildman–Crippen LogP) is 9.40. The molecule has 4 aromatic carbocycles. The van der Waals surface area contributed by atoms with Crippen molar-refractivity contribution in [2.75, 3.05) is 62.1 Å². The van der Waals surface area contributed by atoms with E-state index in [1.807, 2.05) is 51.3 Å². The van der Waals surface area contributed by atoms with Crippen molar-refractivity contribution in [2.45, 2.75) is 87.9 Å². The monoisotopic (exact) mass is 1030 g/mol. The molecule has 19 heteroatoms. The highest BCUT2D eigenvalue weighted by molar-refractivity contribution is 6.06. The summed E-state index contributed by atoms with van der Waals surface area (Å²) >= 11 is 0. The molecule has 6 heterocycles. The van der Waals surface area contributed by atoms with Crippen molar-refractivity contribution in [2.24, 2.45) is 0 Å². The standard InChI is InChI=1S/C28H27F3N4O2.C17H23N3.C11H6F3NO3/c1-34(2)14-4-5-17-15-20(35-18-8-9-19(35)11-10-18)12-13-23(17)33-27(37)21-16-32-24-7-3-6-22(28(29,30)31)25(24)26(21)36;1-19(2)11-3-4-13-12-16(9-10-17(13)18)20-14-5-6-15(20)8-7-14;12-11(13,14)6-2-1-3-7-8(6)9(16)5(4-15-7)10(17)18/h3,6-7,12-13,15-16,18-19H,8-11,14H2,1-2H3,(H,32,36)(H,33,37);9-10,12,14-15H,5-8,11,18H2,1-2H3;1-4H,(H,15,16)(H,17,18). The number of aromatic amines is 2. The average Bonchev–Trinajstić information content (AvgIpc) is 4.17. The molecule has 75 heavy (non-hydrogen) atoms. The number of alkyl halides is 6. The van der Waals surface area contributed by atoms with Gasteiger partial charge in [0, 0.05) is 70.2 Å². The minimum atomic E-state index is -4.73. The van der Waals surface area contributed by atoms with Crippen LogP contribution in [0.3, 0.4) is 0 Å². The molecule has 4 aliphatic heterocycles. The minimum absolute atomic E-state index is 0.0104. The number of pyridine rings is 2. The van der Waals surface area contributed by atoms with Gasteiger partial charge in [-0.25, -0.2) is 4.79 Å². The number of hydrogen-bond acceptors (Lipinski definition) is 9. The van der Waals surface area contributed by atoms with E-state index in [4.69, 9.17) is 10.8 Å². The van der Waals surface area contributed by atoms with Crippen LogP contribution in [0.4, 0.5) is 49.1 Å². The van der Waals surface area contributed by atoms with Crippen LogP contribution in [-0.2, 0) is 12.4 Å². The summed E-state index contributed by atoms with van der Waals surface area (Å²) in [5.74, 6) is 10.2. The van der Waals surface area contributed by atoms with Crippen molar-refractivity contribution in [3.05, 3.63) is 139 Å². The van der Waals surface area contributed by atoms with Gasteiger partial charge in [0.05, 0.1) is 46.2 Å². The van der Waals surface area contributed by atoms with Gasteiger partial charge in [0.15, 0.2) is 0 Å². The number of nitrogens with two attached hydrogens (primary N) is 1. The van der Waals surface area contributed by atoms with Crippen LogP contribution in [0.15, 0.2) is 94.8 Å². The van der Waals surface area contributed by atoms with E-state index in [0.717, 1.165) is 91.8 Å². The third kappa shape index (κ3) is 11.8. The number of aromatic nitrogens is 2. The fourth-order valence-corrected chi connectivity index (χ4v) is 10.5. The molecule has 0 spiro atoms.